The van der Waals surface area contributed by atoms with Gasteiger partial charge in [0.2, 0.25) is 0 Å². The van der Waals surface area contributed by atoms with Gasteiger partial charge in [0.1, 0.15) is 0 Å². The van der Waals surface area contributed by atoms with Gasteiger partial charge < -0.3 is 5.32 Å². The van der Waals surface area contributed by atoms with E-state index in [4.69, 9.17) is 0 Å². The van der Waals surface area contributed by atoms with Gasteiger partial charge in [-0.1, -0.05) is 13.8 Å². The number of sulfone groups is 1. The topological polar surface area (TPSA) is 46.2 Å². The fourth-order valence-corrected chi connectivity index (χ4v) is 4.99. The van der Waals surface area contributed by atoms with Crippen LogP contribution in [0.15, 0.2) is 34.1 Å². The first kappa shape index (κ1) is 16.8. The molecule has 2 rings (SSSR count). The lowest BCUT2D eigenvalue weighted by Crippen LogP contribution is -2.42. The van der Waals surface area contributed by atoms with Gasteiger partial charge in [-0.15, -0.1) is 11.8 Å². The van der Waals surface area contributed by atoms with E-state index in [0.717, 1.165) is 17.4 Å². The Morgan fingerprint density at radius 3 is 2.48 bits per heavy atom. The lowest BCUT2D eigenvalue weighted by atomic mass is 9.87. The van der Waals surface area contributed by atoms with Crippen LogP contribution in [-0.4, -0.2) is 32.5 Å². The fraction of sp³-hybridized carbons (Fsp3) is 0.625. The van der Waals surface area contributed by atoms with Gasteiger partial charge in [-0.25, -0.2) is 8.42 Å². The van der Waals surface area contributed by atoms with Crippen molar-refractivity contribution in [2.45, 2.75) is 54.2 Å². The van der Waals surface area contributed by atoms with Crippen molar-refractivity contribution in [2.75, 3.05) is 12.8 Å². The van der Waals surface area contributed by atoms with Crippen LogP contribution in [0.3, 0.4) is 0 Å². The van der Waals surface area contributed by atoms with Crippen LogP contribution in [0.25, 0.3) is 0 Å². The summed E-state index contributed by atoms with van der Waals surface area (Å²) in [5, 5.41) is 4.16. The number of hydrogen-bond acceptors (Lipinski definition) is 4. The quantitative estimate of drug-likeness (QED) is 0.901. The van der Waals surface area contributed by atoms with Gasteiger partial charge in [-0.2, -0.15) is 0 Å². The number of rotatable bonds is 5. The molecule has 21 heavy (non-hydrogen) atoms. The van der Waals surface area contributed by atoms with E-state index in [1.807, 2.05) is 23.9 Å². The summed E-state index contributed by atoms with van der Waals surface area (Å²) in [4.78, 5) is 1.55. The number of thioether (sulfide) groups is 1. The van der Waals surface area contributed by atoms with Crippen LogP contribution in [0.2, 0.25) is 0 Å². The Morgan fingerprint density at radius 2 is 1.90 bits per heavy atom. The van der Waals surface area contributed by atoms with Gasteiger partial charge in [0.25, 0.3) is 0 Å². The molecule has 0 bridgehead atoms. The summed E-state index contributed by atoms with van der Waals surface area (Å²) in [7, 11) is -3.10. The lowest BCUT2D eigenvalue weighted by Gasteiger charge is -2.35. The van der Waals surface area contributed by atoms with Crippen LogP contribution in [0.1, 0.15) is 33.1 Å². The molecule has 3 unspecified atom stereocenters. The first-order chi connectivity index (χ1) is 9.90. The van der Waals surface area contributed by atoms with E-state index in [2.05, 4.69) is 19.2 Å². The molecule has 1 N–H and O–H groups in total. The highest BCUT2D eigenvalue weighted by atomic mass is 32.2. The maximum atomic E-state index is 11.5. The molecule has 0 aromatic heterocycles. The monoisotopic (exact) mass is 327 g/mol. The summed E-state index contributed by atoms with van der Waals surface area (Å²) < 4.78 is 23.0. The number of nitrogens with one attached hydrogen (secondary N) is 1. The molecule has 1 aliphatic carbocycles. The third kappa shape index (κ3) is 4.73. The van der Waals surface area contributed by atoms with Gasteiger partial charge in [0, 0.05) is 22.4 Å². The van der Waals surface area contributed by atoms with Crippen molar-refractivity contribution in [3.63, 3.8) is 0 Å². The molecule has 1 aromatic carbocycles. The molecule has 1 aliphatic rings. The van der Waals surface area contributed by atoms with Gasteiger partial charge in [-0.05, 0) is 56.0 Å². The van der Waals surface area contributed by atoms with Crippen molar-refractivity contribution in [2.24, 2.45) is 5.92 Å². The minimum atomic E-state index is -3.10. The van der Waals surface area contributed by atoms with Crippen molar-refractivity contribution in [3.05, 3.63) is 24.3 Å². The van der Waals surface area contributed by atoms with Crippen LogP contribution < -0.4 is 5.32 Å². The molecule has 5 heteroatoms. The minimum Gasteiger partial charge on any atom is -0.313 e. The zero-order valence-electron chi connectivity index (χ0n) is 13.0. The highest BCUT2D eigenvalue weighted by Crippen LogP contribution is 2.36. The summed E-state index contributed by atoms with van der Waals surface area (Å²) in [6, 6.07) is 7.86. The Morgan fingerprint density at radius 1 is 1.24 bits per heavy atom. The molecule has 3 atom stereocenters. The summed E-state index contributed by atoms with van der Waals surface area (Å²) in [6.07, 6.45) is 4.99. The second-order valence-corrected chi connectivity index (χ2v) is 9.31. The Labute approximate surface area is 132 Å². The van der Waals surface area contributed by atoms with Gasteiger partial charge in [0.05, 0.1) is 4.90 Å². The largest absolute Gasteiger partial charge is 0.313 e. The average Bonchev–Trinajstić information content (AvgIpc) is 2.42. The van der Waals surface area contributed by atoms with Gasteiger partial charge in [0.15, 0.2) is 9.84 Å². The Bertz CT molecular complexity index is 554. The molecule has 0 radical (unpaired) electrons. The zero-order chi connectivity index (χ0) is 15.5. The molecule has 1 fully saturated rings. The summed E-state index contributed by atoms with van der Waals surface area (Å²) in [6.45, 7) is 5.48. The molecule has 118 valence electrons. The normalized spacial score (nSPS) is 26.7. The van der Waals surface area contributed by atoms with Crippen molar-refractivity contribution in [1.82, 2.24) is 5.32 Å². The van der Waals surface area contributed by atoms with Crippen LogP contribution >= 0.6 is 11.8 Å². The molecule has 0 spiro atoms. The van der Waals surface area contributed by atoms with Gasteiger partial charge in [-0.3, -0.25) is 0 Å². The van der Waals surface area contributed by atoms with Crippen molar-refractivity contribution in [1.29, 1.82) is 0 Å². The van der Waals surface area contributed by atoms with E-state index in [1.54, 1.807) is 12.1 Å². The van der Waals surface area contributed by atoms with Crippen LogP contribution in [0.5, 0.6) is 0 Å². The highest BCUT2D eigenvalue weighted by molar-refractivity contribution is 8.00. The van der Waals surface area contributed by atoms with Gasteiger partial charge >= 0.3 is 0 Å². The zero-order valence-corrected chi connectivity index (χ0v) is 14.6. The predicted molar refractivity (Wildman–Crippen MR) is 89.7 cm³/mol. The molecular weight excluding hydrogens is 302 g/mol. The SMILES string of the molecule is CCNC1CCC(C)CC1Sc1ccc(S(C)(=O)=O)cc1. The smallest absolute Gasteiger partial charge is 0.175 e. The first-order valence-corrected chi connectivity index (χ1v) is 10.4. The number of benzene rings is 1. The number of hydrogen-bond donors (Lipinski definition) is 1. The maximum Gasteiger partial charge on any atom is 0.175 e. The fourth-order valence-electron chi connectivity index (χ4n) is 2.89. The lowest BCUT2D eigenvalue weighted by molar-refractivity contribution is 0.321. The summed E-state index contributed by atoms with van der Waals surface area (Å²) in [5.74, 6) is 0.771. The molecule has 0 aliphatic heterocycles. The van der Waals surface area contributed by atoms with Crippen molar-refractivity contribution < 1.29 is 8.42 Å². The molecule has 0 amide bonds. The van der Waals surface area contributed by atoms with Crippen LogP contribution in [0.4, 0.5) is 0 Å². The van der Waals surface area contributed by atoms with Crippen LogP contribution in [-0.2, 0) is 9.84 Å². The molecule has 0 saturated heterocycles. The Kier molecular flexibility index (Phi) is 5.74. The van der Waals surface area contributed by atoms with E-state index < -0.39 is 9.84 Å². The maximum absolute atomic E-state index is 11.5. The highest BCUT2D eigenvalue weighted by Gasteiger charge is 2.28. The standard InChI is InChI=1S/C16H25NO2S2/c1-4-17-15-10-5-12(2)11-16(15)20-13-6-8-14(9-7-13)21(3,18)19/h6-9,12,15-17H,4-5,10-11H2,1-3H3. The Hall–Kier alpha value is -0.520. The van der Waals surface area contributed by atoms with E-state index in [0.29, 0.717) is 16.2 Å². The van der Waals surface area contributed by atoms with Crippen molar-refractivity contribution >= 4 is 21.6 Å². The molecule has 0 heterocycles. The molecule has 1 saturated carbocycles. The average molecular weight is 328 g/mol. The molecule has 3 nitrogen and oxygen atoms in total. The van der Waals surface area contributed by atoms with Crippen LogP contribution in [0, 0.1) is 5.92 Å². The van der Waals surface area contributed by atoms with Crippen molar-refractivity contribution in [3.8, 4) is 0 Å². The molecular formula is C16H25NO2S2. The Balaban J connectivity index is 2.08. The first-order valence-electron chi connectivity index (χ1n) is 7.60. The summed E-state index contributed by atoms with van der Waals surface area (Å²) >= 11 is 1.88. The third-order valence-corrected chi connectivity index (χ3v) is 6.56. The molecule has 1 aromatic rings. The van der Waals surface area contributed by atoms with E-state index in [1.165, 1.54) is 25.5 Å². The minimum absolute atomic E-state index is 0.395. The van der Waals surface area contributed by atoms with E-state index >= 15 is 0 Å². The predicted octanol–water partition coefficient (Wildman–Crippen LogP) is 3.35. The van der Waals surface area contributed by atoms with E-state index in [-0.39, 0.29) is 0 Å². The second-order valence-electron chi connectivity index (χ2n) is 5.98. The second kappa shape index (κ2) is 7.16. The third-order valence-electron chi connectivity index (χ3n) is 4.06. The van der Waals surface area contributed by atoms with E-state index in [9.17, 15) is 8.42 Å². The summed E-state index contributed by atoms with van der Waals surface area (Å²) in [5.41, 5.74) is 0.